The number of ketones is 1. The maximum absolute atomic E-state index is 13.8. The largest absolute Gasteiger partial charge is 0.399 e. The molecule has 2 nitrogen and oxygen atoms in total. The lowest BCUT2D eigenvalue weighted by atomic mass is 10.0. The molecule has 0 unspecified atom stereocenters. The summed E-state index contributed by atoms with van der Waals surface area (Å²) in [4.78, 5) is 12.2. The van der Waals surface area contributed by atoms with E-state index in [1.54, 1.807) is 12.1 Å². The molecule has 0 aliphatic carbocycles. The molecule has 0 spiro atoms. The van der Waals surface area contributed by atoms with E-state index in [9.17, 15) is 13.6 Å². The Morgan fingerprint density at radius 2 is 1.79 bits per heavy atom. The predicted molar refractivity (Wildman–Crippen MR) is 73.1 cm³/mol. The number of rotatable bonds is 2. The average Bonchev–Trinajstić information content (AvgIpc) is 2.36. The van der Waals surface area contributed by atoms with Gasteiger partial charge >= 0.3 is 0 Å². The third-order valence-electron chi connectivity index (χ3n) is 2.73. The highest BCUT2D eigenvalue weighted by molar-refractivity contribution is 9.10. The number of hydrogen-bond acceptors (Lipinski definition) is 2. The Labute approximate surface area is 117 Å². The minimum absolute atomic E-state index is 0.153. The van der Waals surface area contributed by atoms with Crippen molar-refractivity contribution in [1.82, 2.24) is 0 Å². The van der Waals surface area contributed by atoms with Gasteiger partial charge in [-0.05, 0) is 42.8 Å². The van der Waals surface area contributed by atoms with Gasteiger partial charge in [0.1, 0.15) is 11.6 Å². The van der Waals surface area contributed by atoms with E-state index in [0.717, 1.165) is 12.1 Å². The molecule has 0 amide bonds. The van der Waals surface area contributed by atoms with E-state index in [1.807, 2.05) is 0 Å². The Morgan fingerprint density at radius 3 is 2.47 bits per heavy atom. The first-order valence-electron chi connectivity index (χ1n) is 5.45. The second kappa shape index (κ2) is 5.09. The first-order valence-corrected chi connectivity index (χ1v) is 6.25. The molecule has 5 heteroatoms. The summed E-state index contributed by atoms with van der Waals surface area (Å²) in [5.74, 6) is -1.99. The molecule has 0 fully saturated rings. The van der Waals surface area contributed by atoms with Gasteiger partial charge in [0.15, 0.2) is 5.78 Å². The highest BCUT2D eigenvalue weighted by atomic mass is 79.9. The van der Waals surface area contributed by atoms with E-state index in [0.29, 0.717) is 10.2 Å². The number of aryl methyl sites for hydroxylation is 1. The van der Waals surface area contributed by atoms with Crippen LogP contribution in [0, 0.1) is 18.6 Å². The molecule has 0 aromatic heterocycles. The van der Waals surface area contributed by atoms with Gasteiger partial charge in [0, 0.05) is 15.7 Å². The summed E-state index contributed by atoms with van der Waals surface area (Å²) in [5, 5.41) is 0. The Balaban J connectivity index is 2.56. The topological polar surface area (TPSA) is 43.1 Å². The second-order valence-electron chi connectivity index (χ2n) is 4.15. The van der Waals surface area contributed by atoms with Gasteiger partial charge in [0.2, 0.25) is 0 Å². The monoisotopic (exact) mass is 325 g/mol. The number of carbonyl (C=O) groups excluding carboxylic acids is 1. The molecule has 0 aliphatic heterocycles. The summed E-state index contributed by atoms with van der Waals surface area (Å²) in [5.41, 5.74) is 6.01. The van der Waals surface area contributed by atoms with Crippen LogP contribution >= 0.6 is 15.9 Å². The Bertz CT molecular complexity index is 671. The number of carbonyl (C=O) groups is 1. The van der Waals surface area contributed by atoms with Gasteiger partial charge in [-0.25, -0.2) is 8.78 Å². The first-order chi connectivity index (χ1) is 8.90. The third-order valence-corrected chi connectivity index (χ3v) is 3.42. The van der Waals surface area contributed by atoms with Crippen LogP contribution in [0.3, 0.4) is 0 Å². The zero-order valence-electron chi connectivity index (χ0n) is 10.0. The van der Waals surface area contributed by atoms with Gasteiger partial charge in [0.05, 0.1) is 5.56 Å². The van der Waals surface area contributed by atoms with Crippen LogP contribution in [-0.4, -0.2) is 5.78 Å². The van der Waals surface area contributed by atoms with Crippen LogP contribution in [0.5, 0.6) is 0 Å². The van der Waals surface area contributed by atoms with Gasteiger partial charge in [-0.2, -0.15) is 0 Å². The van der Waals surface area contributed by atoms with Crippen LogP contribution in [0.4, 0.5) is 14.5 Å². The smallest absolute Gasteiger partial charge is 0.197 e. The maximum Gasteiger partial charge on any atom is 0.197 e. The van der Waals surface area contributed by atoms with E-state index in [-0.39, 0.29) is 16.7 Å². The van der Waals surface area contributed by atoms with Crippen molar-refractivity contribution in [3.8, 4) is 0 Å². The number of nitrogens with two attached hydrogens (primary N) is 1. The van der Waals surface area contributed by atoms with E-state index in [4.69, 9.17) is 5.73 Å². The van der Waals surface area contributed by atoms with Crippen molar-refractivity contribution in [2.75, 3.05) is 5.73 Å². The molecule has 98 valence electrons. The fourth-order valence-electron chi connectivity index (χ4n) is 1.68. The van der Waals surface area contributed by atoms with Crippen molar-refractivity contribution < 1.29 is 13.6 Å². The van der Waals surface area contributed by atoms with Gasteiger partial charge < -0.3 is 5.73 Å². The molecule has 2 rings (SSSR count). The second-order valence-corrected chi connectivity index (χ2v) is 5.00. The molecule has 0 bridgehead atoms. The Morgan fingerprint density at radius 1 is 1.11 bits per heavy atom. The third kappa shape index (κ3) is 2.66. The van der Waals surface area contributed by atoms with E-state index in [2.05, 4.69) is 15.9 Å². The van der Waals surface area contributed by atoms with E-state index < -0.39 is 17.4 Å². The normalized spacial score (nSPS) is 10.5. The molecule has 0 aliphatic rings. The van der Waals surface area contributed by atoms with Crippen molar-refractivity contribution in [3.63, 3.8) is 0 Å². The molecule has 2 aromatic carbocycles. The number of nitrogen functional groups attached to an aromatic ring is 1. The first kappa shape index (κ1) is 13.7. The van der Waals surface area contributed by atoms with Gasteiger partial charge in [0.25, 0.3) is 0 Å². The SMILES string of the molecule is Cc1cc(F)c(C(=O)c2cc(N)ccc2Br)cc1F. The summed E-state index contributed by atoms with van der Waals surface area (Å²) in [6.45, 7) is 1.43. The van der Waals surface area contributed by atoms with Crippen molar-refractivity contribution >= 4 is 27.4 Å². The van der Waals surface area contributed by atoms with Crippen LogP contribution in [0.15, 0.2) is 34.8 Å². The highest BCUT2D eigenvalue weighted by Crippen LogP contribution is 2.24. The molecule has 2 N–H and O–H groups in total. The Kier molecular flexibility index (Phi) is 3.66. The number of anilines is 1. The van der Waals surface area contributed by atoms with Crippen molar-refractivity contribution in [1.29, 1.82) is 0 Å². The van der Waals surface area contributed by atoms with E-state index >= 15 is 0 Å². The lowest BCUT2D eigenvalue weighted by molar-refractivity contribution is 0.103. The predicted octanol–water partition coefficient (Wildman–Crippen LogP) is 3.85. The summed E-state index contributed by atoms with van der Waals surface area (Å²) < 4.78 is 27.7. The summed E-state index contributed by atoms with van der Waals surface area (Å²) in [6, 6.07) is 6.52. The van der Waals surface area contributed by atoms with Gasteiger partial charge in [-0.3, -0.25) is 4.79 Å². The standard InChI is InChI=1S/C14H10BrF2NO/c1-7-4-13(17)10(6-12(7)16)14(19)9-5-8(18)2-3-11(9)15/h2-6H,18H2,1H3. The molecule has 19 heavy (non-hydrogen) atoms. The summed E-state index contributed by atoms with van der Waals surface area (Å²) in [6.07, 6.45) is 0. The maximum atomic E-state index is 13.8. The average molecular weight is 326 g/mol. The summed E-state index contributed by atoms with van der Waals surface area (Å²) >= 11 is 3.19. The van der Waals surface area contributed by atoms with Crippen molar-refractivity contribution in [2.45, 2.75) is 6.92 Å². The molecule has 0 saturated heterocycles. The molecule has 0 saturated carbocycles. The molecule has 0 heterocycles. The minimum Gasteiger partial charge on any atom is -0.399 e. The minimum atomic E-state index is -0.752. The molecular weight excluding hydrogens is 316 g/mol. The van der Waals surface area contributed by atoms with Crippen LogP contribution in [0.2, 0.25) is 0 Å². The van der Waals surface area contributed by atoms with Crippen LogP contribution in [0.1, 0.15) is 21.5 Å². The zero-order valence-corrected chi connectivity index (χ0v) is 11.6. The molecule has 0 atom stereocenters. The van der Waals surface area contributed by atoms with Crippen LogP contribution in [0.25, 0.3) is 0 Å². The molecular formula is C14H10BrF2NO. The fraction of sp³-hybridized carbons (Fsp3) is 0.0714. The Hall–Kier alpha value is -1.75. The molecule has 2 aromatic rings. The lowest BCUT2D eigenvalue weighted by Gasteiger charge is -2.07. The zero-order chi connectivity index (χ0) is 14.2. The number of benzene rings is 2. The number of hydrogen-bond donors (Lipinski definition) is 1. The van der Waals surface area contributed by atoms with E-state index in [1.165, 1.54) is 13.0 Å². The molecule has 0 radical (unpaired) electrons. The quantitative estimate of drug-likeness (QED) is 0.673. The van der Waals surface area contributed by atoms with Crippen molar-refractivity contribution in [2.24, 2.45) is 0 Å². The van der Waals surface area contributed by atoms with Crippen molar-refractivity contribution in [3.05, 3.63) is 63.1 Å². The van der Waals surface area contributed by atoms with Crippen LogP contribution < -0.4 is 5.73 Å². The highest BCUT2D eigenvalue weighted by Gasteiger charge is 2.18. The summed E-state index contributed by atoms with van der Waals surface area (Å²) in [7, 11) is 0. The lowest BCUT2D eigenvalue weighted by Crippen LogP contribution is -2.07. The van der Waals surface area contributed by atoms with Gasteiger partial charge in [-0.1, -0.05) is 15.9 Å². The van der Waals surface area contributed by atoms with Crippen LogP contribution in [-0.2, 0) is 0 Å². The van der Waals surface area contributed by atoms with Gasteiger partial charge in [-0.15, -0.1) is 0 Å². The number of halogens is 3. The fourth-order valence-corrected chi connectivity index (χ4v) is 2.11.